The Morgan fingerprint density at radius 3 is 2.58 bits per heavy atom. The zero-order valence-corrected chi connectivity index (χ0v) is 19.8. The van der Waals surface area contributed by atoms with Crippen molar-refractivity contribution in [1.29, 1.82) is 0 Å². The number of alkyl halides is 3. The standard InChI is InChI=1S/C20H19Cl2F3N2O2S2/c1-11-5-16(31-17(11)10-26-18(28)3-4-30-2)15-9-19(29-27-15,20(23,24)25)12-6-13(21)8-14(22)7-12/h5-8H,3-4,9-10H2,1-2H3,(H,26,28). The topological polar surface area (TPSA) is 50.7 Å². The summed E-state index contributed by atoms with van der Waals surface area (Å²) < 4.78 is 42.4. The predicted molar refractivity (Wildman–Crippen MR) is 120 cm³/mol. The van der Waals surface area contributed by atoms with Crippen molar-refractivity contribution in [3.8, 4) is 0 Å². The second kappa shape index (κ2) is 9.60. The number of carbonyl (C=O) groups is 1. The fraction of sp³-hybridized carbons (Fsp3) is 0.400. The van der Waals surface area contributed by atoms with Gasteiger partial charge in [-0.25, -0.2) is 0 Å². The molecule has 31 heavy (non-hydrogen) atoms. The Balaban J connectivity index is 1.82. The molecule has 0 aliphatic carbocycles. The maximum Gasteiger partial charge on any atom is 0.435 e. The minimum absolute atomic E-state index is 0.0702. The van der Waals surface area contributed by atoms with Crippen LogP contribution in [0.15, 0.2) is 29.4 Å². The van der Waals surface area contributed by atoms with E-state index in [0.29, 0.717) is 17.8 Å². The molecular weight excluding hydrogens is 492 g/mol. The Bertz CT molecular complexity index is 991. The van der Waals surface area contributed by atoms with Crippen LogP contribution in [-0.2, 0) is 21.8 Å². The molecule has 1 N–H and O–H groups in total. The summed E-state index contributed by atoms with van der Waals surface area (Å²) in [5.74, 6) is 0.654. The monoisotopic (exact) mass is 510 g/mol. The van der Waals surface area contributed by atoms with Crippen molar-refractivity contribution in [2.24, 2.45) is 5.16 Å². The van der Waals surface area contributed by atoms with Gasteiger partial charge in [-0.15, -0.1) is 11.3 Å². The van der Waals surface area contributed by atoms with Crippen LogP contribution in [0.2, 0.25) is 10.0 Å². The first-order chi connectivity index (χ1) is 14.6. The van der Waals surface area contributed by atoms with Gasteiger partial charge < -0.3 is 10.2 Å². The molecule has 1 atom stereocenters. The lowest BCUT2D eigenvalue weighted by Crippen LogP contribution is -2.42. The molecule has 3 rings (SSSR count). The number of benzene rings is 1. The molecule has 2 aromatic rings. The number of hydrogen-bond donors (Lipinski definition) is 1. The van der Waals surface area contributed by atoms with Crippen molar-refractivity contribution in [2.75, 3.05) is 12.0 Å². The van der Waals surface area contributed by atoms with Gasteiger partial charge in [-0.1, -0.05) is 28.4 Å². The first-order valence-electron chi connectivity index (χ1n) is 9.19. The number of thiophene rings is 1. The number of halogens is 5. The number of amides is 1. The molecule has 1 aliphatic heterocycles. The highest BCUT2D eigenvalue weighted by Crippen LogP contribution is 2.50. The zero-order chi connectivity index (χ0) is 22.8. The highest BCUT2D eigenvalue weighted by atomic mass is 35.5. The highest BCUT2D eigenvalue weighted by molar-refractivity contribution is 7.98. The normalized spacial score (nSPS) is 18.6. The molecule has 1 aromatic carbocycles. The third-order valence-corrected chi connectivity index (χ3v) is 7.13. The molecule has 0 saturated heterocycles. The van der Waals surface area contributed by atoms with Crippen molar-refractivity contribution >= 4 is 57.9 Å². The lowest BCUT2D eigenvalue weighted by atomic mass is 9.88. The first-order valence-corrected chi connectivity index (χ1v) is 12.2. The summed E-state index contributed by atoms with van der Waals surface area (Å²) in [5.41, 5.74) is -1.82. The molecule has 1 unspecified atom stereocenters. The third kappa shape index (κ3) is 5.32. The van der Waals surface area contributed by atoms with Gasteiger partial charge in [0.15, 0.2) is 0 Å². The number of rotatable bonds is 7. The molecule has 0 spiro atoms. The SMILES string of the molecule is CSCCC(=O)NCc1sc(C2=NOC(c3cc(Cl)cc(Cl)c3)(C(F)(F)F)C2)cc1C. The van der Waals surface area contributed by atoms with E-state index in [9.17, 15) is 18.0 Å². The number of nitrogens with zero attached hydrogens (tertiary/aromatic N) is 1. The Hall–Kier alpha value is -1.42. The van der Waals surface area contributed by atoms with Crippen LogP contribution in [0.3, 0.4) is 0 Å². The molecule has 0 saturated carbocycles. The summed E-state index contributed by atoms with van der Waals surface area (Å²) in [6.07, 6.45) is -2.92. The van der Waals surface area contributed by atoms with Crippen LogP contribution in [0, 0.1) is 6.92 Å². The third-order valence-electron chi connectivity index (χ3n) is 4.80. The van der Waals surface area contributed by atoms with Crippen LogP contribution >= 0.6 is 46.3 Å². The van der Waals surface area contributed by atoms with Crippen LogP contribution in [0.5, 0.6) is 0 Å². The fourth-order valence-electron chi connectivity index (χ4n) is 3.12. The summed E-state index contributed by atoms with van der Waals surface area (Å²) in [5, 5.41) is 6.77. The van der Waals surface area contributed by atoms with Crippen LogP contribution in [0.4, 0.5) is 13.2 Å². The van der Waals surface area contributed by atoms with E-state index in [0.717, 1.165) is 16.2 Å². The molecule has 0 bridgehead atoms. The molecule has 2 heterocycles. The molecule has 1 aliphatic rings. The van der Waals surface area contributed by atoms with E-state index in [4.69, 9.17) is 28.0 Å². The average Bonchev–Trinajstić information content (AvgIpc) is 3.28. The van der Waals surface area contributed by atoms with Crippen molar-refractivity contribution < 1.29 is 22.8 Å². The van der Waals surface area contributed by atoms with Crippen molar-refractivity contribution in [2.45, 2.75) is 38.1 Å². The van der Waals surface area contributed by atoms with E-state index in [-0.39, 0.29) is 27.2 Å². The van der Waals surface area contributed by atoms with Crippen LogP contribution < -0.4 is 5.32 Å². The molecule has 0 radical (unpaired) electrons. The van der Waals surface area contributed by atoms with Crippen molar-refractivity contribution in [3.05, 3.63) is 55.2 Å². The van der Waals surface area contributed by atoms with Crippen LogP contribution in [0.1, 0.15) is 33.7 Å². The van der Waals surface area contributed by atoms with E-state index in [1.807, 2.05) is 13.2 Å². The second-order valence-corrected chi connectivity index (χ2v) is 10.0. The summed E-state index contributed by atoms with van der Waals surface area (Å²) in [4.78, 5) is 18.3. The van der Waals surface area contributed by atoms with Gasteiger partial charge >= 0.3 is 6.18 Å². The number of nitrogens with one attached hydrogen (secondary N) is 1. The van der Waals surface area contributed by atoms with Gasteiger partial charge in [0.25, 0.3) is 5.60 Å². The van der Waals surface area contributed by atoms with Gasteiger partial charge in [0.1, 0.15) is 5.71 Å². The minimum atomic E-state index is -4.74. The van der Waals surface area contributed by atoms with E-state index in [1.165, 1.54) is 29.5 Å². The summed E-state index contributed by atoms with van der Waals surface area (Å²) in [7, 11) is 0. The van der Waals surface area contributed by atoms with Gasteiger partial charge in [0, 0.05) is 32.7 Å². The van der Waals surface area contributed by atoms with Gasteiger partial charge in [-0.05, 0) is 43.0 Å². The lowest BCUT2D eigenvalue weighted by molar-refractivity contribution is -0.275. The molecule has 0 fully saturated rings. The van der Waals surface area contributed by atoms with Crippen LogP contribution in [-0.4, -0.2) is 29.8 Å². The maximum atomic E-state index is 14.1. The number of carbonyl (C=O) groups excluding carboxylic acids is 1. The van der Waals surface area contributed by atoms with E-state index < -0.39 is 18.2 Å². The minimum Gasteiger partial charge on any atom is -0.374 e. The molecular formula is C20H19Cl2F3N2O2S2. The summed E-state index contributed by atoms with van der Waals surface area (Å²) in [6, 6.07) is 5.49. The quantitative estimate of drug-likeness (QED) is 0.474. The average molecular weight is 511 g/mol. The molecule has 168 valence electrons. The fourth-order valence-corrected chi connectivity index (χ4v) is 5.13. The van der Waals surface area contributed by atoms with E-state index in [1.54, 1.807) is 17.8 Å². The first kappa shape index (κ1) is 24.2. The van der Waals surface area contributed by atoms with Gasteiger partial charge in [0.05, 0.1) is 17.8 Å². The lowest BCUT2D eigenvalue weighted by Gasteiger charge is -2.29. The molecule has 11 heteroatoms. The smallest absolute Gasteiger partial charge is 0.374 e. The molecule has 4 nitrogen and oxygen atoms in total. The Morgan fingerprint density at radius 1 is 1.29 bits per heavy atom. The van der Waals surface area contributed by atoms with E-state index >= 15 is 0 Å². The van der Waals surface area contributed by atoms with Gasteiger partial charge in [0.2, 0.25) is 5.91 Å². The van der Waals surface area contributed by atoms with E-state index in [2.05, 4.69) is 10.5 Å². The zero-order valence-electron chi connectivity index (χ0n) is 16.6. The largest absolute Gasteiger partial charge is 0.435 e. The molecule has 1 aromatic heterocycles. The van der Waals surface area contributed by atoms with Crippen LogP contribution in [0.25, 0.3) is 0 Å². The Kier molecular flexibility index (Phi) is 7.50. The Labute approximate surface area is 196 Å². The predicted octanol–water partition coefficient (Wildman–Crippen LogP) is 6.31. The number of hydrogen-bond acceptors (Lipinski definition) is 5. The number of thioether (sulfide) groups is 1. The number of oxime groups is 1. The molecule has 1 amide bonds. The van der Waals surface area contributed by atoms with Gasteiger partial charge in [-0.2, -0.15) is 24.9 Å². The number of aryl methyl sites for hydroxylation is 1. The summed E-state index contributed by atoms with van der Waals surface area (Å²) in [6.45, 7) is 2.15. The Morgan fingerprint density at radius 2 is 1.97 bits per heavy atom. The maximum absolute atomic E-state index is 14.1. The summed E-state index contributed by atoms with van der Waals surface area (Å²) >= 11 is 14.7. The second-order valence-electron chi connectivity index (χ2n) is 7.03. The van der Waals surface area contributed by atoms with Crippen molar-refractivity contribution in [3.63, 3.8) is 0 Å². The highest BCUT2D eigenvalue weighted by Gasteiger charge is 2.62. The van der Waals surface area contributed by atoms with Crippen molar-refractivity contribution in [1.82, 2.24) is 5.32 Å². The van der Waals surface area contributed by atoms with Gasteiger partial charge in [-0.3, -0.25) is 4.79 Å².